The third-order valence-corrected chi connectivity index (χ3v) is 4.54. The number of hydrogen-bond acceptors (Lipinski definition) is 3. The predicted octanol–water partition coefficient (Wildman–Crippen LogP) is 2.03. The van der Waals surface area contributed by atoms with E-state index in [0.717, 1.165) is 29.2 Å². The molecule has 1 aromatic heterocycles. The Morgan fingerprint density at radius 3 is 2.92 bits per heavy atom. The van der Waals surface area contributed by atoms with Crippen LogP contribution in [-0.4, -0.2) is 48.4 Å². The molecule has 1 atom stereocenters. The van der Waals surface area contributed by atoms with Gasteiger partial charge in [-0.05, 0) is 30.2 Å². The molecule has 0 spiro atoms. The monoisotopic (exact) mass is 351 g/mol. The summed E-state index contributed by atoms with van der Waals surface area (Å²) in [6, 6.07) is 14.5. The normalized spacial score (nSPS) is 17.9. The van der Waals surface area contributed by atoms with Gasteiger partial charge in [0.25, 0.3) is 0 Å². The fourth-order valence-electron chi connectivity index (χ4n) is 3.08. The van der Waals surface area contributed by atoms with E-state index in [1.807, 2.05) is 31.3 Å². The Kier molecular flexibility index (Phi) is 5.84. The van der Waals surface area contributed by atoms with Crippen LogP contribution in [0.4, 0.5) is 0 Å². The van der Waals surface area contributed by atoms with Crippen LogP contribution in [0.25, 0.3) is 11.3 Å². The minimum absolute atomic E-state index is 0.206. The number of pyridine rings is 1. The SMILES string of the molecule is CN=C(NCc1cccc(-c2ccccn2)c1)NC1CCC(=O)N(C)C1. The van der Waals surface area contributed by atoms with E-state index in [1.165, 1.54) is 0 Å². The van der Waals surface area contributed by atoms with Crippen LogP contribution in [0.5, 0.6) is 0 Å². The van der Waals surface area contributed by atoms with Gasteiger partial charge in [0, 0.05) is 51.4 Å². The lowest BCUT2D eigenvalue weighted by Crippen LogP contribution is -2.51. The fourth-order valence-corrected chi connectivity index (χ4v) is 3.08. The zero-order chi connectivity index (χ0) is 18.4. The molecule has 2 heterocycles. The molecule has 0 bridgehead atoms. The molecule has 0 saturated carbocycles. The molecule has 1 fully saturated rings. The van der Waals surface area contributed by atoms with Gasteiger partial charge in [0.2, 0.25) is 5.91 Å². The van der Waals surface area contributed by atoms with E-state index in [9.17, 15) is 4.79 Å². The molecule has 2 aromatic rings. The molecule has 136 valence electrons. The van der Waals surface area contributed by atoms with Crippen LogP contribution in [0.1, 0.15) is 18.4 Å². The highest BCUT2D eigenvalue weighted by atomic mass is 16.2. The summed E-state index contributed by atoms with van der Waals surface area (Å²) in [6.07, 6.45) is 3.22. The van der Waals surface area contributed by atoms with E-state index >= 15 is 0 Å². The van der Waals surface area contributed by atoms with Crippen LogP contribution in [0.3, 0.4) is 0 Å². The molecule has 6 heteroatoms. The van der Waals surface area contributed by atoms with Gasteiger partial charge in [0.15, 0.2) is 5.96 Å². The molecule has 0 aliphatic carbocycles. The van der Waals surface area contributed by atoms with E-state index < -0.39 is 0 Å². The molecule has 6 nitrogen and oxygen atoms in total. The third kappa shape index (κ3) is 4.59. The highest BCUT2D eigenvalue weighted by molar-refractivity contribution is 5.81. The summed E-state index contributed by atoms with van der Waals surface area (Å²) in [6.45, 7) is 1.37. The number of benzene rings is 1. The Morgan fingerprint density at radius 2 is 2.19 bits per heavy atom. The first-order valence-electron chi connectivity index (χ1n) is 8.87. The number of nitrogens with one attached hydrogen (secondary N) is 2. The molecular weight excluding hydrogens is 326 g/mol. The second kappa shape index (κ2) is 8.47. The van der Waals surface area contributed by atoms with Gasteiger partial charge in [-0.2, -0.15) is 0 Å². The van der Waals surface area contributed by atoms with Gasteiger partial charge >= 0.3 is 0 Å². The number of guanidine groups is 1. The van der Waals surface area contributed by atoms with Crippen molar-refractivity contribution in [3.63, 3.8) is 0 Å². The van der Waals surface area contributed by atoms with E-state index in [4.69, 9.17) is 0 Å². The molecule has 1 unspecified atom stereocenters. The highest BCUT2D eigenvalue weighted by Crippen LogP contribution is 2.17. The largest absolute Gasteiger partial charge is 0.352 e. The summed E-state index contributed by atoms with van der Waals surface area (Å²) < 4.78 is 0. The number of carbonyl (C=O) groups excluding carboxylic acids is 1. The summed E-state index contributed by atoms with van der Waals surface area (Å²) in [7, 11) is 3.60. The van der Waals surface area contributed by atoms with Crippen LogP contribution >= 0.6 is 0 Å². The van der Waals surface area contributed by atoms with E-state index in [1.54, 1.807) is 18.1 Å². The van der Waals surface area contributed by atoms with Gasteiger partial charge < -0.3 is 15.5 Å². The van der Waals surface area contributed by atoms with E-state index in [2.05, 4.69) is 38.8 Å². The molecule has 1 saturated heterocycles. The Bertz CT molecular complexity index is 775. The lowest BCUT2D eigenvalue weighted by atomic mass is 10.1. The zero-order valence-corrected chi connectivity index (χ0v) is 15.3. The summed E-state index contributed by atoms with van der Waals surface area (Å²) in [5.41, 5.74) is 3.22. The van der Waals surface area contributed by atoms with Crippen molar-refractivity contribution < 1.29 is 4.79 Å². The van der Waals surface area contributed by atoms with Crippen molar-refractivity contribution >= 4 is 11.9 Å². The summed E-state index contributed by atoms with van der Waals surface area (Å²) in [5, 5.41) is 6.76. The molecular formula is C20H25N5O. The van der Waals surface area contributed by atoms with Crippen LogP contribution in [0, 0.1) is 0 Å². The quantitative estimate of drug-likeness (QED) is 0.653. The van der Waals surface area contributed by atoms with Crippen LogP contribution in [-0.2, 0) is 11.3 Å². The lowest BCUT2D eigenvalue weighted by Gasteiger charge is -2.31. The molecule has 1 aliphatic rings. The summed E-state index contributed by atoms with van der Waals surface area (Å²) >= 11 is 0. The van der Waals surface area contributed by atoms with Crippen molar-refractivity contribution in [1.29, 1.82) is 0 Å². The lowest BCUT2D eigenvalue weighted by molar-refractivity contribution is -0.132. The Balaban J connectivity index is 1.58. The average Bonchev–Trinajstić information content (AvgIpc) is 2.69. The number of aromatic nitrogens is 1. The average molecular weight is 351 g/mol. The Labute approximate surface area is 154 Å². The van der Waals surface area contributed by atoms with Gasteiger partial charge in [0.05, 0.1) is 5.69 Å². The Morgan fingerprint density at radius 1 is 1.31 bits per heavy atom. The minimum Gasteiger partial charge on any atom is -0.352 e. The molecule has 2 N–H and O–H groups in total. The number of amides is 1. The second-order valence-corrected chi connectivity index (χ2v) is 6.50. The number of likely N-dealkylation sites (N-methyl/N-ethyl adjacent to an activating group) is 1. The maximum atomic E-state index is 11.6. The standard InChI is InChI=1S/C20H25N5O/c1-21-20(24-17-9-10-19(26)25(2)14-17)23-13-15-6-5-7-16(12-15)18-8-3-4-11-22-18/h3-8,11-12,17H,9-10,13-14H2,1-2H3,(H2,21,23,24). The van der Waals surface area contributed by atoms with Crippen molar-refractivity contribution in [2.75, 3.05) is 20.6 Å². The Hall–Kier alpha value is -2.89. The molecule has 26 heavy (non-hydrogen) atoms. The van der Waals surface area contributed by atoms with E-state index in [-0.39, 0.29) is 11.9 Å². The van der Waals surface area contributed by atoms with Crippen LogP contribution in [0.2, 0.25) is 0 Å². The van der Waals surface area contributed by atoms with Gasteiger partial charge in [-0.25, -0.2) is 0 Å². The van der Waals surface area contributed by atoms with Crippen LogP contribution in [0.15, 0.2) is 53.7 Å². The molecule has 1 aromatic carbocycles. The van der Waals surface area contributed by atoms with Crippen molar-refractivity contribution in [1.82, 2.24) is 20.5 Å². The van der Waals surface area contributed by atoms with Crippen LogP contribution < -0.4 is 10.6 Å². The molecule has 1 aliphatic heterocycles. The predicted molar refractivity (Wildman–Crippen MR) is 104 cm³/mol. The van der Waals surface area contributed by atoms with Gasteiger partial charge in [-0.1, -0.05) is 24.3 Å². The third-order valence-electron chi connectivity index (χ3n) is 4.54. The molecule has 0 radical (unpaired) electrons. The number of piperidine rings is 1. The van der Waals surface area contributed by atoms with Gasteiger partial charge in [0.1, 0.15) is 0 Å². The summed E-state index contributed by atoms with van der Waals surface area (Å²) in [4.78, 5) is 22.1. The number of nitrogens with zero attached hydrogens (tertiary/aromatic N) is 3. The number of aliphatic imine (C=N–C) groups is 1. The first-order chi connectivity index (χ1) is 12.7. The zero-order valence-electron chi connectivity index (χ0n) is 15.3. The highest BCUT2D eigenvalue weighted by Gasteiger charge is 2.23. The first kappa shape index (κ1) is 17.9. The van der Waals surface area contributed by atoms with Gasteiger partial charge in [-0.3, -0.25) is 14.8 Å². The van der Waals surface area contributed by atoms with Crippen molar-refractivity contribution in [2.24, 2.45) is 4.99 Å². The van der Waals surface area contributed by atoms with Crippen molar-refractivity contribution in [2.45, 2.75) is 25.4 Å². The fraction of sp³-hybridized carbons (Fsp3) is 0.350. The number of rotatable bonds is 4. The molecule has 1 amide bonds. The van der Waals surface area contributed by atoms with Crippen molar-refractivity contribution in [3.05, 3.63) is 54.2 Å². The maximum absolute atomic E-state index is 11.6. The first-order valence-corrected chi connectivity index (χ1v) is 8.87. The van der Waals surface area contributed by atoms with Crippen molar-refractivity contribution in [3.8, 4) is 11.3 Å². The number of carbonyl (C=O) groups is 1. The smallest absolute Gasteiger partial charge is 0.222 e. The van der Waals surface area contributed by atoms with E-state index in [0.29, 0.717) is 19.5 Å². The number of likely N-dealkylation sites (tertiary alicyclic amines) is 1. The topological polar surface area (TPSA) is 69.6 Å². The summed E-state index contributed by atoms with van der Waals surface area (Å²) in [5.74, 6) is 0.957. The second-order valence-electron chi connectivity index (χ2n) is 6.50. The number of hydrogen-bond donors (Lipinski definition) is 2. The maximum Gasteiger partial charge on any atom is 0.222 e. The molecule has 3 rings (SSSR count). The van der Waals surface area contributed by atoms with Gasteiger partial charge in [-0.15, -0.1) is 0 Å². The minimum atomic E-state index is 0.206.